The van der Waals surface area contributed by atoms with Crippen molar-refractivity contribution in [3.63, 3.8) is 0 Å². The van der Waals surface area contributed by atoms with Gasteiger partial charge in [0.25, 0.3) is 0 Å². The van der Waals surface area contributed by atoms with Crippen molar-refractivity contribution in [1.82, 2.24) is 45.5 Å². The van der Waals surface area contributed by atoms with Crippen LogP contribution in [-0.2, 0) is 0 Å². The Labute approximate surface area is 223 Å². The molecular weight excluding hydrogens is 486 g/mol. The molecule has 9 nitrogen and oxygen atoms in total. The molecule has 0 saturated heterocycles. The van der Waals surface area contributed by atoms with Gasteiger partial charge in [0.2, 0.25) is 0 Å². The van der Waals surface area contributed by atoms with Crippen LogP contribution in [0, 0.1) is 0 Å². The van der Waals surface area contributed by atoms with Gasteiger partial charge in [0, 0.05) is 33.4 Å². The van der Waals surface area contributed by atoms with Crippen LogP contribution in [0.4, 0.5) is 0 Å². The standard InChI is InChI=1S/C30H21N9/c1-3-9-19(10-4-1)25-31-27(36-34-25)21-13-7-15-23(17-21)29-33-30(39-38-29)24-16-8-14-22(18-24)28-32-26(35-37-28)20-11-5-2-6-12-20/h1-18H,(H,31,34,36)(H,32,35,37)(H,33,38,39). The molecule has 0 unspecified atom stereocenters. The lowest BCUT2D eigenvalue weighted by Crippen LogP contribution is -1.86. The van der Waals surface area contributed by atoms with E-state index in [0.717, 1.165) is 45.0 Å². The van der Waals surface area contributed by atoms with Crippen molar-refractivity contribution in [3.05, 3.63) is 109 Å². The van der Waals surface area contributed by atoms with Gasteiger partial charge in [0.15, 0.2) is 34.9 Å². The summed E-state index contributed by atoms with van der Waals surface area (Å²) in [6.45, 7) is 0. The van der Waals surface area contributed by atoms with Gasteiger partial charge in [-0.25, -0.2) is 0 Å². The van der Waals surface area contributed by atoms with Crippen LogP contribution in [-0.4, -0.2) is 45.5 Å². The quantitative estimate of drug-likeness (QED) is 0.252. The van der Waals surface area contributed by atoms with E-state index in [9.17, 15) is 0 Å². The van der Waals surface area contributed by atoms with E-state index < -0.39 is 0 Å². The molecular formula is C30H21N9. The van der Waals surface area contributed by atoms with E-state index in [2.05, 4.69) is 45.5 Å². The first kappa shape index (κ1) is 22.5. The monoisotopic (exact) mass is 507 g/mol. The number of benzene rings is 4. The molecule has 0 bridgehead atoms. The zero-order valence-electron chi connectivity index (χ0n) is 20.6. The second-order valence-electron chi connectivity index (χ2n) is 8.96. The summed E-state index contributed by atoms with van der Waals surface area (Å²) in [6.07, 6.45) is 0. The normalized spacial score (nSPS) is 11.1. The van der Waals surface area contributed by atoms with E-state index in [0.29, 0.717) is 23.3 Å². The van der Waals surface area contributed by atoms with Crippen LogP contribution in [0.5, 0.6) is 0 Å². The third-order valence-electron chi connectivity index (χ3n) is 6.37. The van der Waals surface area contributed by atoms with Crippen molar-refractivity contribution in [2.75, 3.05) is 0 Å². The van der Waals surface area contributed by atoms with Gasteiger partial charge in [-0.3, -0.25) is 0 Å². The van der Waals surface area contributed by atoms with Crippen molar-refractivity contribution in [2.45, 2.75) is 0 Å². The lowest BCUT2D eigenvalue weighted by atomic mass is 10.1. The second-order valence-corrected chi connectivity index (χ2v) is 8.96. The summed E-state index contributed by atoms with van der Waals surface area (Å²) >= 11 is 0. The zero-order chi connectivity index (χ0) is 26.0. The van der Waals surface area contributed by atoms with Gasteiger partial charge >= 0.3 is 0 Å². The van der Waals surface area contributed by atoms with E-state index in [-0.39, 0.29) is 0 Å². The van der Waals surface area contributed by atoms with Crippen LogP contribution < -0.4 is 0 Å². The first-order valence-corrected chi connectivity index (χ1v) is 12.4. The van der Waals surface area contributed by atoms with Crippen LogP contribution in [0.3, 0.4) is 0 Å². The van der Waals surface area contributed by atoms with Crippen LogP contribution in [0.2, 0.25) is 0 Å². The third-order valence-corrected chi connectivity index (χ3v) is 6.37. The molecule has 39 heavy (non-hydrogen) atoms. The first-order valence-electron chi connectivity index (χ1n) is 12.4. The molecule has 3 N–H and O–H groups in total. The molecule has 0 aliphatic carbocycles. The van der Waals surface area contributed by atoms with Crippen LogP contribution in [0.25, 0.3) is 68.3 Å². The predicted octanol–water partition coefficient (Wildman–Crippen LogP) is 6.04. The number of hydrogen-bond donors (Lipinski definition) is 3. The van der Waals surface area contributed by atoms with Crippen molar-refractivity contribution in [2.24, 2.45) is 0 Å². The second kappa shape index (κ2) is 9.64. The SMILES string of the molecule is c1ccc(-c2nnc(-c3cccc(-c4nnc(-c5cccc(-c6nnc(-c7ccccc7)[nH]6)c5)[nH]4)c3)[nH]2)cc1. The molecule has 0 radical (unpaired) electrons. The van der Waals surface area contributed by atoms with Gasteiger partial charge in [0.1, 0.15) is 0 Å². The smallest absolute Gasteiger partial charge is 0.161 e. The molecule has 7 aromatic rings. The van der Waals surface area contributed by atoms with Gasteiger partial charge in [-0.15, -0.1) is 30.6 Å². The number of rotatable bonds is 6. The largest absolute Gasteiger partial charge is 0.321 e. The molecule has 0 saturated carbocycles. The first-order chi connectivity index (χ1) is 19.3. The van der Waals surface area contributed by atoms with Crippen molar-refractivity contribution >= 4 is 0 Å². The Hall–Kier alpha value is -5.70. The summed E-state index contributed by atoms with van der Waals surface area (Å²) < 4.78 is 0. The number of aromatic nitrogens is 9. The maximum Gasteiger partial charge on any atom is 0.161 e. The van der Waals surface area contributed by atoms with Crippen molar-refractivity contribution in [3.8, 4) is 68.3 Å². The molecule has 0 aliphatic rings. The van der Waals surface area contributed by atoms with Gasteiger partial charge < -0.3 is 15.0 Å². The van der Waals surface area contributed by atoms with Gasteiger partial charge in [0.05, 0.1) is 0 Å². The molecule has 0 spiro atoms. The number of hydrogen-bond acceptors (Lipinski definition) is 6. The number of aromatic amines is 3. The Kier molecular flexibility index (Phi) is 5.56. The average molecular weight is 508 g/mol. The highest BCUT2D eigenvalue weighted by Gasteiger charge is 2.13. The predicted molar refractivity (Wildman–Crippen MR) is 149 cm³/mol. The lowest BCUT2D eigenvalue weighted by Gasteiger charge is -2.01. The molecule has 0 fully saturated rings. The maximum absolute atomic E-state index is 4.41. The fourth-order valence-electron chi connectivity index (χ4n) is 4.39. The van der Waals surface area contributed by atoms with E-state index in [4.69, 9.17) is 0 Å². The van der Waals surface area contributed by atoms with E-state index in [1.807, 2.05) is 109 Å². The number of nitrogens with zero attached hydrogens (tertiary/aromatic N) is 6. The molecule has 0 atom stereocenters. The van der Waals surface area contributed by atoms with Crippen LogP contribution in [0.15, 0.2) is 109 Å². The Bertz CT molecular complexity index is 1730. The summed E-state index contributed by atoms with van der Waals surface area (Å²) in [5.74, 6) is 4.13. The molecule has 3 heterocycles. The van der Waals surface area contributed by atoms with E-state index >= 15 is 0 Å². The topological polar surface area (TPSA) is 125 Å². The number of H-pyrrole nitrogens is 3. The van der Waals surface area contributed by atoms with Crippen LogP contribution in [0.1, 0.15) is 0 Å². The summed E-state index contributed by atoms with van der Waals surface area (Å²) in [5.41, 5.74) is 5.56. The highest BCUT2D eigenvalue weighted by Crippen LogP contribution is 2.27. The molecule has 3 aromatic heterocycles. The molecule has 0 amide bonds. The molecule has 7 rings (SSSR count). The van der Waals surface area contributed by atoms with Gasteiger partial charge in [-0.1, -0.05) is 97.1 Å². The third kappa shape index (κ3) is 4.49. The minimum absolute atomic E-state index is 0.658. The van der Waals surface area contributed by atoms with Crippen molar-refractivity contribution in [1.29, 1.82) is 0 Å². The van der Waals surface area contributed by atoms with E-state index in [1.165, 1.54) is 0 Å². The summed E-state index contributed by atoms with van der Waals surface area (Å²) in [5, 5.41) is 26.1. The number of nitrogens with one attached hydrogen (secondary N) is 3. The average Bonchev–Trinajstić information content (AvgIpc) is 3.80. The maximum atomic E-state index is 4.41. The Morgan fingerprint density at radius 3 is 0.846 bits per heavy atom. The lowest BCUT2D eigenvalue weighted by molar-refractivity contribution is 1.09. The molecule has 4 aromatic carbocycles. The van der Waals surface area contributed by atoms with Gasteiger partial charge in [-0.2, -0.15) is 0 Å². The Morgan fingerprint density at radius 1 is 0.282 bits per heavy atom. The minimum Gasteiger partial charge on any atom is -0.321 e. The summed E-state index contributed by atoms with van der Waals surface area (Å²) in [4.78, 5) is 9.96. The minimum atomic E-state index is 0.658. The molecule has 0 aliphatic heterocycles. The summed E-state index contributed by atoms with van der Waals surface area (Å²) in [7, 11) is 0. The molecule has 9 heteroatoms. The highest BCUT2D eigenvalue weighted by molar-refractivity contribution is 5.71. The highest BCUT2D eigenvalue weighted by atomic mass is 15.2. The van der Waals surface area contributed by atoms with Crippen LogP contribution >= 0.6 is 0 Å². The fourth-order valence-corrected chi connectivity index (χ4v) is 4.39. The van der Waals surface area contributed by atoms with E-state index in [1.54, 1.807) is 0 Å². The van der Waals surface area contributed by atoms with Gasteiger partial charge in [-0.05, 0) is 12.1 Å². The molecule has 186 valence electrons. The Balaban J connectivity index is 1.15. The zero-order valence-corrected chi connectivity index (χ0v) is 20.6. The van der Waals surface area contributed by atoms with Crippen molar-refractivity contribution < 1.29 is 0 Å². The Morgan fingerprint density at radius 2 is 0.538 bits per heavy atom. The fraction of sp³-hybridized carbons (Fsp3) is 0. The summed E-state index contributed by atoms with van der Waals surface area (Å²) in [6, 6.07) is 35.7.